The second-order valence-corrected chi connectivity index (χ2v) is 6.74. The van der Waals surface area contributed by atoms with Crippen LogP contribution in [0, 0.1) is 6.92 Å². The van der Waals surface area contributed by atoms with Crippen molar-refractivity contribution in [3.8, 4) is 0 Å². The number of fused-ring (bicyclic) bond motifs is 1. The number of halogens is 5. The van der Waals surface area contributed by atoms with Crippen LogP contribution < -0.4 is 5.32 Å². The summed E-state index contributed by atoms with van der Waals surface area (Å²) in [4.78, 5) is 9.63. The number of nitrogens with one attached hydrogen (secondary N) is 1. The molecule has 9 heteroatoms. The highest BCUT2D eigenvalue weighted by molar-refractivity contribution is 7.18. The van der Waals surface area contributed by atoms with E-state index < -0.39 is 11.7 Å². The molecule has 0 spiro atoms. The number of nitrogens with zero attached hydrogens (tertiary/aromatic N) is 2. The Kier molecular flexibility index (Phi) is 4.12. The third-order valence-corrected chi connectivity index (χ3v) is 4.38. The van der Waals surface area contributed by atoms with Gasteiger partial charge in [0, 0.05) is 9.90 Å². The minimum atomic E-state index is -4.55. The lowest BCUT2D eigenvalue weighted by Gasteiger charge is -2.15. The first-order valence-corrected chi connectivity index (χ1v) is 7.89. The van der Waals surface area contributed by atoms with Crippen LogP contribution in [0.1, 0.15) is 10.4 Å². The van der Waals surface area contributed by atoms with Gasteiger partial charge in [0.2, 0.25) is 5.28 Å². The molecule has 0 aliphatic carbocycles. The van der Waals surface area contributed by atoms with Gasteiger partial charge in [0.15, 0.2) is 0 Å². The zero-order chi connectivity index (χ0) is 16.8. The van der Waals surface area contributed by atoms with Gasteiger partial charge in [0.25, 0.3) is 0 Å². The standard InChI is InChI=1S/C14H8Cl2F3N3S/c1-6-4-8-11(21-13(16)22-12(8)23-6)20-10-3-2-7(15)5-9(10)14(17,18)19/h2-5H,1H3,(H,20,21,22). The highest BCUT2D eigenvalue weighted by atomic mass is 35.5. The number of hydrogen-bond acceptors (Lipinski definition) is 4. The molecule has 3 nitrogen and oxygen atoms in total. The molecule has 1 N–H and O–H groups in total. The van der Waals surface area contributed by atoms with Crippen LogP contribution >= 0.6 is 34.5 Å². The Morgan fingerprint density at radius 2 is 1.87 bits per heavy atom. The van der Waals surface area contributed by atoms with Crippen LogP contribution in [-0.2, 0) is 6.18 Å². The quantitative estimate of drug-likeness (QED) is 0.550. The highest BCUT2D eigenvalue weighted by Crippen LogP contribution is 2.39. The van der Waals surface area contributed by atoms with E-state index in [1.165, 1.54) is 23.5 Å². The monoisotopic (exact) mass is 377 g/mol. The minimum absolute atomic E-state index is 0.000111. The van der Waals surface area contributed by atoms with Crippen molar-refractivity contribution in [2.75, 3.05) is 5.32 Å². The first-order chi connectivity index (χ1) is 10.7. The van der Waals surface area contributed by atoms with Gasteiger partial charge in [0.1, 0.15) is 10.6 Å². The van der Waals surface area contributed by atoms with Gasteiger partial charge in [-0.3, -0.25) is 0 Å². The molecule has 0 unspecified atom stereocenters. The predicted octanol–water partition coefficient (Wildman–Crippen LogP) is 6.07. The maximum absolute atomic E-state index is 13.2. The lowest BCUT2D eigenvalue weighted by Crippen LogP contribution is -2.09. The van der Waals surface area contributed by atoms with Crippen molar-refractivity contribution in [2.24, 2.45) is 0 Å². The maximum Gasteiger partial charge on any atom is 0.418 e. The van der Waals surface area contributed by atoms with E-state index in [1.807, 2.05) is 6.92 Å². The number of anilines is 2. The van der Waals surface area contributed by atoms with E-state index in [0.29, 0.717) is 10.2 Å². The van der Waals surface area contributed by atoms with Gasteiger partial charge in [-0.05, 0) is 42.8 Å². The van der Waals surface area contributed by atoms with Crippen LogP contribution in [0.5, 0.6) is 0 Å². The molecule has 0 saturated heterocycles. The van der Waals surface area contributed by atoms with E-state index in [9.17, 15) is 13.2 Å². The summed E-state index contributed by atoms with van der Waals surface area (Å²) < 4.78 is 39.5. The SMILES string of the molecule is Cc1cc2c(Nc3ccc(Cl)cc3C(F)(F)F)nc(Cl)nc2s1. The number of benzene rings is 1. The molecule has 2 heterocycles. The van der Waals surface area contributed by atoms with Crippen LogP contribution in [0.3, 0.4) is 0 Å². The Balaban J connectivity index is 2.13. The lowest BCUT2D eigenvalue weighted by atomic mass is 10.1. The number of hydrogen-bond donors (Lipinski definition) is 1. The normalized spacial score (nSPS) is 11.9. The zero-order valence-corrected chi connectivity index (χ0v) is 13.8. The minimum Gasteiger partial charge on any atom is -0.339 e. The van der Waals surface area contributed by atoms with Crippen LogP contribution in [-0.4, -0.2) is 9.97 Å². The van der Waals surface area contributed by atoms with Crippen LogP contribution in [0.25, 0.3) is 10.2 Å². The average Bonchev–Trinajstić information content (AvgIpc) is 2.80. The van der Waals surface area contributed by atoms with E-state index in [2.05, 4.69) is 15.3 Å². The summed E-state index contributed by atoms with van der Waals surface area (Å²) in [6.07, 6.45) is -4.55. The molecule has 0 aliphatic heterocycles. The molecule has 120 valence electrons. The third-order valence-electron chi connectivity index (χ3n) is 3.03. The van der Waals surface area contributed by atoms with Crippen LogP contribution in [0.2, 0.25) is 10.3 Å². The molecule has 0 amide bonds. The van der Waals surface area contributed by atoms with Crippen LogP contribution in [0.4, 0.5) is 24.7 Å². The Morgan fingerprint density at radius 3 is 2.57 bits per heavy atom. The number of rotatable bonds is 2. The topological polar surface area (TPSA) is 37.8 Å². The molecular formula is C14H8Cl2F3N3S. The van der Waals surface area contributed by atoms with Crippen molar-refractivity contribution in [1.82, 2.24) is 9.97 Å². The molecule has 1 aromatic carbocycles. The number of alkyl halides is 3. The summed E-state index contributed by atoms with van der Waals surface area (Å²) in [5.74, 6) is 0.220. The first kappa shape index (κ1) is 16.3. The van der Waals surface area contributed by atoms with Crippen molar-refractivity contribution in [1.29, 1.82) is 0 Å². The number of aromatic nitrogens is 2. The van der Waals surface area contributed by atoms with Crippen molar-refractivity contribution >= 4 is 56.3 Å². The Hall–Kier alpha value is -1.57. The van der Waals surface area contributed by atoms with Gasteiger partial charge in [-0.25, -0.2) is 4.98 Å². The van der Waals surface area contributed by atoms with E-state index in [4.69, 9.17) is 23.2 Å². The maximum atomic E-state index is 13.2. The fraction of sp³-hybridized carbons (Fsp3) is 0.143. The van der Waals surface area contributed by atoms with Crippen molar-refractivity contribution in [2.45, 2.75) is 13.1 Å². The molecule has 3 aromatic rings. The molecule has 23 heavy (non-hydrogen) atoms. The fourth-order valence-electron chi connectivity index (χ4n) is 2.10. The summed E-state index contributed by atoms with van der Waals surface area (Å²) in [7, 11) is 0. The molecule has 0 saturated carbocycles. The number of aryl methyl sites for hydroxylation is 1. The molecule has 0 fully saturated rings. The Morgan fingerprint density at radius 1 is 1.13 bits per heavy atom. The van der Waals surface area contributed by atoms with E-state index in [1.54, 1.807) is 6.07 Å². The lowest BCUT2D eigenvalue weighted by molar-refractivity contribution is -0.136. The van der Waals surface area contributed by atoms with Crippen molar-refractivity contribution < 1.29 is 13.2 Å². The van der Waals surface area contributed by atoms with Gasteiger partial charge in [-0.1, -0.05) is 11.6 Å². The molecule has 0 bridgehead atoms. The smallest absolute Gasteiger partial charge is 0.339 e. The van der Waals surface area contributed by atoms with Crippen molar-refractivity contribution in [3.05, 3.63) is 45.0 Å². The molecule has 0 radical (unpaired) electrons. The molecule has 2 aromatic heterocycles. The van der Waals surface area contributed by atoms with E-state index in [-0.39, 0.29) is 21.8 Å². The summed E-state index contributed by atoms with van der Waals surface area (Å²) >= 11 is 12.9. The summed E-state index contributed by atoms with van der Waals surface area (Å²) in [6, 6.07) is 5.29. The summed E-state index contributed by atoms with van der Waals surface area (Å²) in [6.45, 7) is 1.87. The second kappa shape index (κ2) is 5.81. The van der Waals surface area contributed by atoms with E-state index >= 15 is 0 Å². The van der Waals surface area contributed by atoms with E-state index in [0.717, 1.165) is 10.9 Å². The average molecular weight is 378 g/mol. The third kappa shape index (κ3) is 3.36. The van der Waals surface area contributed by atoms with Gasteiger partial charge < -0.3 is 5.32 Å². The fourth-order valence-corrected chi connectivity index (χ4v) is 3.37. The molecule has 0 atom stereocenters. The predicted molar refractivity (Wildman–Crippen MR) is 86.9 cm³/mol. The van der Waals surface area contributed by atoms with Gasteiger partial charge in [0.05, 0.1) is 16.6 Å². The summed E-state index contributed by atoms with van der Waals surface area (Å²) in [5, 5.41) is 3.27. The Labute approximate surface area is 143 Å². The van der Waals surface area contributed by atoms with Gasteiger partial charge in [-0.15, -0.1) is 11.3 Å². The largest absolute Gasteiger partial charge is 0.418 e. The van der Waals surface area contributed by atoms with Crippen molar-refractivity contribution in [3.63, 3.8) is 0 Å². The van der Waals surface area contributed by atoms with Gasteiger partial charge in [-0.2, -0.15) is 18.2 Å². The van der Waals surface area contributed by atoms with Crippen LogP contribution in [0.15, 0.2) is 24.3 Å². The number of thiophene rings is 1. The molecular weight excluding hydrogens is 370 g/mol. The Bertz CT molecular complexity index is 893. The summed E-state index contributed by atoms with van der Waals surface area (Å²) in [5.41, 5.74) is -1.03. The zero-order valence-electron chi connectivity index (χ0n) is 11.5. The first-order valence-electron chi connectivity index (χ1n) is 6.31. The molecule has 3 rings (SSSR count). The second-order valence-electron chi connectivity index (χ2n) is 4.73. The molecule has 0 aliphatic rings. The van der Waals surface area contributed by atoms with Gasteiger partial charge >= 0.3 is 6.18 Å². The highest BCUT2D eigenvalue weighted by Gasteiger charge is 2.34.